The van der Waals surface area contributed by atoms with Crippen LogP contribution in [0.25, 0.3) is 6.08 Å². The summed E-state index contributed by atoms with van der Waals surface area (Å²) in [6.45, 7) is 0.189. The number of carbonyl (C=O) groups is 2. The highest BCUT2D eigenvalue weighted by Gasteiger charge is 2.35. The highest BCUT2D eigenvalue weighted by atomic mass is 127. The zero-order valence-electron chi connectivity index (χ0n) is 11.8. The molecule has 0 atom stereocenters. The van der Waals surface area contributed by atoms with Crippen LogP contribution < -0.4 is 0 Å². The van der Waals surface area contributed by atoms with Gasteiger partial charge in [-0.05, 0) is 69.8 Å². The molecule has 1 aliphatic heterocycles. The van der Waals surface area contributed by atoms with Crippen LogP contribution in [-0.4, -0.2) is 16.0 Å². The summed E-state index contributed by atoms with van der Waals surface area (Å²) < 4.78 is 1.12. The van der Waals surface area contributed by atoms with Crippen molar-refractivity contribution in [2.24, 2.45) is 0 Å². The Bertz CT molecular complexity index is 804. The zero-order valence-corrected chi connectivity index (χ0v) is 15.6. The molecular weight excluding hydrogens is 445 g/mol. The van der Waals surface area contributed by atoms with E-state index >= 15 is 0 Å². The molecule has 0 aliphatic carbocycles. The summed E-state index contributed by atoms with van der Waals surface area (Å²) in [5.41, 5.74) is 1.65. The molecule has 3 rings (SSSR count). The fourth-order valence-corrected chi connectivity index (χ4v) is 3.54. The number of nitrogens with zero attached hydrogens (tertiary/aromatic N) is 1. The van der Waals surface area contributed by atoms with Gasteiger partial charge in [0.25, 0.3) is 11.1 Å². The number of hydrogen-bond donors (Lipinski definition) is 0. The van der Waals surface area contributed by atoms with Crippen molar-refractivity contribution in [2.45, 2.75) is 6.54 Å². The summed E-state index contributed by atoms with van der Waals surface area (Å²) in [5.74, 6) is -0.279. The fraction of sp³-hybridized carbons (Fsp3) is 0.0588. The van der Waals surface area contributed by atoms with Gasteiger partial charge in [0.2, 0.25) is 0 Å². The van der Waals surface area contributed by atoms with E-state index in [1.807, 2.05) is 42.5 Å². The Balaban J connectivity index is 1.82. The first-order valence-electron chi connectivity index (χ1n) is 6.79. The largest absolute Gasteiger partial charge is 0.293 e. The van der Waals surface area contributed by atoms with E-state index in [0.29, 0.717) is 9.93 Å². The third-order valence-corrected chi connectivity index (χ3v) is 5.32. The van der Waals surface area contributed by atoms with E-state index in [-0.39, 0.29) is 17.7 Å². The van der Waals surface area contributed by atoms with E-state index in [9.17, 15) is 9.59 Å². The predicted octanol–water partition coefficient (Wildman–Crippen LogP) is 5.18. The van der Waals surface area contributed by atoms with Crippen LogP contribution in [0.5, 0.6) is 0 Å². The number of benzene rings is 2. The van der Waals surface area contributed by atoms with E-state index in [0.717, 1.165) is 26.5 Å². The molecule has 0 aromatic heterocycles. The number of amides is 2. The summed E-state index contributed by atoms with van der Waals surface area (Å²) in [4.78, 5) is 26.3. The second-order valence-corrected chi connectivity index (χ2v) is 7.56. The first-order valence-corrected chi connectivity index (χ1v) is 9.06. The van der Waals surface area contributed by atoms with Crippen molar-refractivity contribution in [1.29, 1.82) is 0 Å². The van der Waals surface area contributed by atoms with Crippen LogP contribution in [0.1, 0.15) is 11.1 Å². The molecule has 2 aromatic carbocycles. The second kappa shape index (κ2) is 7.07. The molecule has 0 spiro atoms. The maximum atomic E-state index is 12.5. The maximum absolute atomic E-state index is 12.5. The highest BCUT2D eigenvalue weighted by Crippen LogP contribution is 2.34. The minimum absolute atomic E-state index is 0.189. The predicted molar refractivity (Wildman–Crippen MR) is 102 cm³/mol. The van der Waals surface area contributed by atoms with Crippen LogP contribution in [0.15, 0.2) is 53.4 Å². The normalized spacial score (nSPS) is 16.4. The fourth-order valence-electron chi connectivity index (χ4n) is 2.14. The Morgan fingerprint density at radius 1 is 1.09 bits per heavy atom. The van der Waals surface area contributed by atoms with Crippen molar-refractivity contribution in [2.75, 3.05) is 0 Å². The van der Waals surface area contributed by atoms with E-state index < -0.39 is 0 Å². The maximum Gasteiger partial charge on any atom is 0.293 e. The van der Waals surface area contributed by atoms with Gasteiger partial charge in [-0.1, -0.05) is 41.9 Å². The van der Waals surface area contributed by atoms with E-state index in [1.54, 1.807) is 12.1 Å². The Morgan fingerprint density at radius 3 is 2.48 bits per heavy atom. The lowest BCUT2D eigenvalue weighted by molar-refractivity contribution is -0.123. The number of carbonyl (C=O) groups excluding carboxylic acids is 2. The van der Waals surface area contributed by atoms with Crippen LogP contribution in [0.3, 0.4) is 0 Å². The Labute approximate surface area is 156 Å². The van der Waals surface area contributed by atoms with Crippen molar-refractivity contribution < 1.29 is 9.59 Å². The van der Waals surface area contributed by atoms with Crippen LogP contribution in [0.4, 0.5) is 4.79 Å². The van der Waals surface area contributed by atoms with Gasteiger partial charge in [0.1, 0.15) is 0 Å². The van der Waals surface area contributed by atoms with Crippen molar-refractivity contribution in [3.05, 3.63) is 73.2 Å². The molecule has 1 fully saturated rings. The third kappa shape index (κ3) is 3.79. The number of halogens is 2. The number of thioether (sulfide) groups is 1. The molecule has 0 unspecified atom stereocenters. The van der Waals surface area contributed by atoms with Gasteiger partial charge in [-0.3, -0.25) is 14.5 Å². The van der Waals surface area contributed by atoms with Gasteiger partial charge in [0.15, 0.2) is 0 Å². The van der Waals surface area contributed by atoms with Crippen molar-refractivity contribution >= 4 is 63.2 Å². The lowest BCUT2D eigenvalue weighted by Gasteiger charge is -2.13. The average molecular weight is 456 g/mol. The SMILES string of the molecule is O=C1S/C(=C\c2ccc(I)cc2)C(=O)N1Cc1ccccc1Cl. The molecule has 0 bridgehead atoms. The van der Waals surface area contributed by atoms with Crippen LogP contribution in [0.2, 0.25) is 5.02 Å². The van der Waals surface area contributed by atoms with Crippen molar-refractivity contribution in [1.82, 2.24) is 4.90 Å². The average Bonchev–Trinajstić information content (AvgIpc) is 2.79. The molecule has 2 aromatic rings. The molecule has 0 radical (unpaired) electrons. The highest BCUT2D eigenvalue weighted by molar-refractivity contribution is 14.1. The molecule has 23 heavy (non-hydrogen) atoms. The Hall–Kier alpha value is -1.31. The number of hydrogen-bond acceptors (Lipinski definition) is 3. The van der Waals surface area contributed by atoms with Gasteiger partial charge >= 0.3 is 0 Å². The van der Waals surface area contributed by atoms with Gasteiger partial charge < -0.3 is 0 Å². The first-order chi connectivity index (χ1) is 11.0. The lowest BCUT2D eigenvalue weighted by Crippen LogP contribution is -2.27. The van der Waals surface area contributed by atoms with Gasteiger partial charge in [0.05, 0.1) is 11.4 Å². The summed E-state index contributed by atoms with van der Waals surface area (Å²) in [6.07, 6.45) is 1.74. The third-order valence-electron chi connectivity index (χ3n) is 3.33. The van der Waals surface area contributed by atoms with Gasteiger partial charge in [-0.15, -0.1) is 0 Å². The van der Waals surface area contributed by atoms with Crippen molar-refractivity contribution in [3.8, 4) is 0 Å². The summed E-state index contributed by atoms with van der Waals surface area (Å²) in [5, 5.41) is 0.278. The summed E-state index contributed by atoms with van der Waals surface area (Å²) in [7, 11) is 0. The first kappa shape index (κ1) is 16.5. The van der Waals surface area contributed by atoms with Crippen LogP contribution in [-0.2, 0) is 11.3 Å². The topological polar surface area (TPSA) is 37.4 Å². The zero-order chi connectivity index (χ0) is 16.4. The minimum Gasteiger partial charge on any atom is -0.268 e. The molecule has 2 amide bonds. The molecule has 0 saturated carbocycles. The summed E-state index contributed by atoms with van der Waals surface area (Å²) >= 11 is 9.29. The molecule has 0 N–H and O–H groups in total. The number of rotatable bonds is 3. The molecule has 1 saturated heterocycles. The van der Waals surface area contributed by atoms with Gasteiger partial charge in [-0.2, -0.15) is 0 Å². The molecule has 1 aliphatic rings. The lowest BCUT2D eigenvalue weighted by atomic mass is 10.2. The second-order valence-electron chi connectivity index (χ2n) is 4.91. The molecular formula is C17H11ClINO2S. The summed E-state index contributed by atoms with van der Waals surface area (Å²) in [6, 6.07) is 15.0. The van der Waals surface area contributed by atoms with Gasteiger partial charge in [-0.25, -0.2) is 0 Å². The molecule has 6 heteroatoms. The minimum atomic E-state index is -0.279. The Morgan fingerprint density at radius 2 is 1.78 bits per heavy atom. The monoisotopic (exact) mass is 455 g/mol. The Kier molecular flexibility index (Phi) is 5.08. The molecule has 1 heterocycles. The van der Waals surface area contributed by atoms with Gasteiger partial charge in [0, 0.05) is 8.59 Å². The molecule has 116 valence electrons. The smallest absolute Gasteiger partial charge is 0.268 e. The molecule has 3 nitrogen and oxygen atoms in total. The van der Waals surface area contributed by atoms with Crippen LogP contribution in [0, 0.1) is 3.57 Å². The quantitative estimate of drug-likeness (QED) is 0.473. The number of imide groups is 1. The van der Waals surface area contributed by atoms with E-state index in [4.69, 9.17) is 11.6 Å². The van der Waals surface area contributed by atoms with Crippen LogP contribution >= 0.6 is 46.0 Å². The van der Waals surface area contributed by atoms with E-state index in [1.165, 1.54) is 4.90 Å². The standard InChI is InChI=1S/C17H11ClINO2S/c18-14-4-2-1-3-12(14)10-20-16(21)15(23-17(20)22)9-11-5-7-13(19)8-6-11/h1-9H,10H2/b15-9-. The van der Waals surface area contributed by atoms with E-state index in [2.05, 4.69) is 22.6 Å². The van der Waals surface area contributed by atoms with Crippen molar-refractivity contribution in [3.63, 3.8) is 0 Å².